The van der Waals surface area contributed by atoms with Crippen molar-refractivity contribution in [3.8, 4) is 0 Å². The summed E-state index contributed by atoms with van der Waals surface area (Å²) in [6, 6.07) is 1.89. The first-order chi connectivity index (χ1) is 6.43. The molecule has 0 aromatic carbocycles. The van der Waals surface area contributed by atoms with E-state index >= 15 is 0 Å². The molecular weight excluding hydrogens is 218 g/mol. The Morgan fingerprint density at radius 2 is 2.07 bits per heavy atom. The van der Waals surface area contributed by atoms with Gasteiger partial charge in [-0.3, -0.25) is 4.79 Å². The number of hydrogen-bond donors (Lipinski definition) is 0. The van der Waals surface area contributed by atoms with Gasteiger partial charge in [-0.05, 0) is 12.0 Å². The van der Waals surface area contributed by atoms with E-state index < -0.39 is 0 Å². The highest BCUT2D eigenvalue weighted by Crippen LogP contribution is 2.32. The Hall–Kier alpha value is -0.540. The van der Waals surface area contributed by atoms with Crippen molar-refractivity contribution in [2.24, 2.45) is 0 Å². The van der Waals surface area contributed by atoms with Crippen LogP contribution in [0.2, 0.25) is 4.34 Å². The summed E-state index contributed by atoms with van der Waals surface area (Å²) in [7, 11) is 3.46. The summed E-state index contributed by atoms with van der Waals surface area (Å²) in [4.78, 5) is 14.3. The first-order valence-electron chi connectivity index (χ1n) is 4.44. The van der Waals surface area contributed by atoms with Crippen molar-refractivity contribution in [3.05, 3.63) is 20.8 Å². The molecule has 78 valence electrons. The second-order valence-electron chi connectivity index (χ2n) is 3.69. The molecule has 2 nitrogen and oxygen atoms in total. The summed E-state index contributed by atoms with van der Waals surface area (Å²) < 4.78 is 0.590. The lowest BCUT2D eigenvalue weighted by molar-refractivity contribution is 0.0828. The van der Waals surface area contributed by atoms with Gasteiger partial charge in [0.2, 0.25) is 0 Å². The van der Waals surface area contributed by atoms with Crippen molar-refractivity contribution < 1.29 is 4.79 Å². The second kappa shape index (κ2) is 4.32. The van der Waals surface area contributed by atoms with Gasteiger partial charge in [0, 0.05) is 19.0 Å². The van der Waals surface area contributed by atoms with Crippen molar-refractivity contribution in [2.75, 3.05) is 14.1 Å². The van der Waals surface area contributed by atoms with Crippen LogP contribution >= 0.6 is 22.9 Å². The molecule has 0 atom stereocenters. The largest absolute Gasteiger partial charge is 0.345 e. The third kappa shape index (κ3) is 2.28. The number of carbonyl (C=O) groups is 1. The number of rotatable bonds is 2. The van der Waals surface area contributed by atoms with Gasteiger partial charge in [0.05, 0.1) is 5.56 Å². The van der Waals surface area contributed by atoms with Crippen molar-refractivity contribution in [1.82, 2.24) is 4.90 Å². The summed E-state index contributed by atoms with van der Waals surface area (Å²) in [6.07, 6.45) is 0. The van der Waals surface area contributed by atoms with Crippen LogP contribution in [0.3, 0.4) is 0 Å². The molecule has 0 aliphatic carbocycles. The average molecular weight is 232 g/mol. The Morgan fingerprint density at radius 3 is 2.43 bits per heavy atom. The maximum atomic E-state index is 11.6. The van der Waals surface area contributed by atoms with Crippen LogP contribution in [0.4, 0.5) is 0 Å². The zero-order chi connectivity index (χ0) is 10.9. The minimum absolute atomic E-state index is 0.0295. The maximum Gasteiger partial charge on any atom is 0.255 e. The number of carbonyl (C=O) groups excluding carboxylic acids is 1. The predicted octanol–water partition coefficient (Wildman–Crippen LogP) is 3.23. The third-order valence-electron chi connectivity index (χ3n) is 1.91. The normalized spacial score (nSPS) is 10.7. The molecule has 4 heteroatoms. The SMILES string of the molecule is CC(C)c1cc(C(=O)N(C)C)c(Cl)s1. The van der Waals surface area contributed by atoms with Crippen molar-refractivity contribution in [1.29, 1.82) is 0 Å². The van der Waals surface area contributed by atoms with E-state index in [0.717, 1.165) is 4.88 Å². The van der Waals surface area contributed by atoms with E-state index in [1.165, 1.54) is 16.2 Å². The van der Waals surface area contributed by atoms with Crippen LogP contribution in [0.5, 0.6) is 0 Å². The molecule has 1 aromatic rings. The van der Waals surface area contributed by atoms with Gasteiger partial charge in [0.25, 0.3) is 5.91 Å². The van der Waals surface area contributed by atoms with Crippen molar-refractivity contribution in [2.45, 2.75) is 19.8 Å². The number of hydrogen-bond acceptors (Lipinski definition) is 2. The molecule has 1 heterocycles. The van der Waals surface area contributed by atoms with Crippen LogP contribution < -0.4 is 0 Å². The minimum Gasteiger partial charge on any atom is -0.345 e. The Kier molecular flexibility index (Phi) is 3.56. The van der Waals surface area contributed by atoms with Gasteiger partial charge < -0.3 is 4.90 Å². The van der Waals surface area contributed by atoms with Gasteiger partial charge in [0.1, 0.15) is 4.34 Å². The molecule has 0 unspecified atom stereocenters. The van der Waals surface area contributed by atoms with E-state index in [1.54, 1.807) is 14.1 Å². The Labute approximate surface area is 93.5 Å². The van der Waals surface area contributed by atoms with Crippen LogP contribution in [-0.4, -0.2) is 24.9 Å². The molecule has 0 radical (unpaired) electrons. The predicted molar refractivity (Wildman–Crippen MR) is 61.4 cm³/mol. The van der Waals surface area contributed by atoms with E-state index in [9.17, 15) is 4.79 Å². The minimum atomic E-state index is -0.0295. The van der Waals surface area contributed by atoms with Crippen molar-refractivity contribution in [3.63, 3.8) is 0 Å². The number of nitrogens with zero attached hydrogens (tertiary/aromatic N) is 1. The van der Waals surface area contributed by atoms with Gasteiger partial charge in [0.15, 0.2) is 0 Å². The molecule has 0 aliphatic rings. The zero-order valence-electron chi connectivity index (χ0n) is 8.80. The summed E-state index contributed by atoms with van der Waals surface area (Å²) in [5.74, 6) is 0.388. The molecular formula is C10H14ClNOS. The van der Waals surface area contributed by atoms with E-state index in [4.69, 9.17) is 11.6 Å². The van der Waals surface area contributed by atoms with Crippen molar-refractivity contribution >= 4 is 28.8 Å². The fraction of sp³-hybridized carbons (Fsp3) is 0.500. The maximum absolute atomic E-state index is 11.6. The zero-order valence-corrected chi connectivity index (χ0v) is 10.4. The average Bonchev–Trinajstić information content (AvgIpc) is 2.46. The number of thiophene rings is 1. The molecule has 1 rings (SSSR count). The fourth-order valence-corrected chi connectivity index (χ4v) is 2.34. The van der Waals surface area contributed by atoms with Gasteiger partial charge >= 0.3 is 0 Å². The van der Waals surface area contributed by atoms with E-state index in [2.05, 4.69) is 13.8 Å². The van der Waals surface area contributed by atoms with Crippen LogP contribution in [0.25, 0.3) is 0 Å². The highest BCUT2D eigenvalue weighted by molar-refractivity contribution is 7.16. The molecule has 0 saturated heterocycles. The molecule has 1 amide bonds. The molecule has 0 bridgehead atoms. The molecule has 0 saturated carbocycles. The van der Waals surface area contributed by atoms with Gasteiger partial charge in [-0.25, -0.2) is 0 Å². The van der Waals surface area contributed by atoms with E-state index in [0.29, 0.717) is 15.8 Å². The molecule has 0 fully saturated rings. The highest BCUT2D eigenvalue weighted by atomic mass is 35.5. The first kappa shape index (κ1) is 11.5. The highest BCUT2D eigenvalue weighted by Gasteiger charge is 2.17. The Bertz CT molecular complexity index is 344. The lowest BCUT2D eigenvalue weighted by atomic mass is 10.1. The Morgan fingerprint density at radius 1 is 1.50 bits per heavy atom. The fourth-order valence-electron chi connectivity index (χ4n) is 1.06. The van der Waals surface area contributed by atoms with Crippen LogP contribution in [0.1, 0.15) is 35.0 Å². The lowest BCUT2D eigenvalue weighted by Gasteiger charge is -2.08. The first-order valence-corrected chi connectivity index (χ1v) is 5.63. The van der Waals surface area contributed by atoms with Crippen LogP contribution in [0, 0.1) is 0 Å². The number of halogens is 1. The monoisotopic (exact) mass is 231 g/mol. The smallest absolute Gasteiger partial charge is 0.255 e. The van der Waals surface area contributed by atoms with E-state index in [1.807, 2.05) is 6.07 Å². The summed E-state index contributed by atoms with van der Waals surface area (Å²) in [5, 5.41) is 0. The molecule has 1 aromatic heterocycles. The standard InChI is InChI=1S/C10H14ClNOS/c1-6(2)8-5-7(9(11)14-8)10(13)12(3)4/h5-6H,1-4H3. The molecule has 14 heavy (non-hydrogen) atoms. The summed E-state index contributed by atoms with van der Waals surface area (Å²) in [5.41, 5.74) is 0.616. The topological polar surface area (TPSA) is 20.3 Å². The third-order valence-corrected chi connectivity index (χ3v) is 3.57. The number of amides is 1. The van der Waals surface area contributed by atoms with Crippen LogP contribution in [-0.2, 0) is 0 Å². The molecule has 0 N–H and O–H groups in total. The van der Waals surface area contributed by atoms with E-state index in [-0.39, 0.29) is 5.91 Å². The van der Waals surface area contributed by atoms with Gasteiger partial charge in [-0.2, -0.15) is 0 Å². The second-order valence-corrected chi connectivity index (χ2v) is 5.38. The van der Waals surface area contributed by atoms with Gasteiger partial charge in [-0.15, -0.1) is 11.3 Å². The quantitative estimate of drug-likeness (QED) is 0.766. The summed E-state index contributed by atoms with van der Waals surface area (Å²) >= 11 is 7.49. The van der Waals surface area contributed by atoms with Crippen LogP contribution in [0.15, 0.2) is 6.07 Å². The Balaban J connectivity index is 3.04. The molecule has 0 aliphatic heterocycles. The summed E-state index contributed by atoms with van der Waals surface area (Å²) in [6.45, 7) is 4.18. The molecule has 0 spiro atoms. The lowest BCUT2D eigenvalue weighted by Crippen LogP contribution is -2.21. The van der Waals surface area contributed by atoms with Gasteiger partial charge in [-0.1, -0.05) is 25.4 Å².